The molecule has 3 rings (SSSR count). The standard InChI is InChI=1S/C16H20Cl2N2O2/c17-13-2-1-11-9-20(6-3-12(11)14(13)18)16(21)15(19)10-4-7-22-8-5-10/h1-2,10,15H,3-9,19H2. The normalized spacial score (nSPS) is 20.6. The highest BCUT2D eigenvalue weighted by Crippen LogP contribution is 2.32. The van der Waals surface area contributed by atoms with Crippen LogP contribution in [0.4, 0.5) is 0 Å². The molecule has 22 heavy (non-hydrogen) atoms. The maximum Gasteiger partial charge on any atom is 0.240 e. The van der Waals surface area contributed by atoms with Gasteiger partial charge >= 0.3 is 0 Å². The molecule has 1 atom stereocenters. The highest BCUT2D eigenvalue weighted by Gasteiger charge is 2.32. The molecular formula is C16H20Cl2N2O2. The molecule has 1 fully saturated rings. The molecular weight excluding hydrogens is 323 g/mol. The van der Waals surface area contributed by atoms with E-state index in [-0.39, 0.29) is 11.8 Å². The van der Waals surface area contributed by atoms with Crippen molar-refractivity contribution >= 4 is 29.1 Å². The number of benzene rings is 1. The number of fused-ring (bicyclic) bond motifs is 1. The second kappa shape index (κ2) is 6.75. The van der Waals surface area contributed by atoms with Crippen molar-refractivity contribution in [1.82, 2.24) is 4.90 Å². The van der Waals surface area contributed by atoms with Crippen LogP contribution < -0.4 is 5.73 Å². The Bertz CT molecular complexity index is 574. The van der Waals surface area contributed by atoms with Crippen molar-refractivity contribution in [3.63, 3.8) is 0 Å². The molecule has 2 N–H and O–H groups in total. The van der Waals surface area contributed by atoms with Gasteiger partial charge in [-0.1, -0.05) is 29.3 Å². The molecule has 0 aromatic heterocycles. The molecule has 1 unspecified atom stereocenters. The Labute approximate surface area is 140 Å². The smallest absolute Gasteiger partial charge is 0.240 e. The first-order chi connectivity index (χ1) is 10.6. The average molecular weight is 343 g/mol. The number of ether oxygens (including phenoxy) is 1. The van der Waals surface area contributed by atoms with Gasteiger partial charge in [0.1, 0.15) is 0 Å². The molecule has 4 nitrogen and oxygen atoms in total. The maximum absolute atomic E-state index is 12.7. The summed E-state index contributed by atoms with van der Waals surface area (Å²) in [5.41, 5.74) is 8.32. The predicted octanol–water partition coefficient (Wildman–Crippen LogP) is 2.63. The van der Waals surface area contributed by atoms with Crippen LogP contribution in [0.1, 0.15) is 24.0 Å². The van der Waals surface area contributed by atoms with Gasteiger partial charge in [-0.2, -0.15) is 0 Å². The van der Waals surface area contributed by atoms with E-state index in [4.69, 9.17) is 33.7 Å². The Kier molecular flexibility index (Phi) is 4.93. The summed E-state index contributed by atoms with van der Waals surface area (Å²) in [4.78, 5) is 14.5. The molecule has 0 saturated carbocycles. The fourth-order valence-corrected chi connectivity index (χ4v) is 3.71. The van der Waals surface area contributed by atoms with Gasteiger partial charge in [-0.15, -0.1) is 0 Å². The monoisotopic (exact) mass is 342 g/mol. The number of nitrogens with zero attached hydrogens (tertiary/aromatic N) is 1. The molecule has 0 spiro atoms. The second-order valence-corrected chi connectivity index (χ2v) is 6.77. The molecule has 6 heteroatoms. The molecule has 120 valence electrons. The summed E-state index contributed by atoms with van der Waals surface area (Å²) in [7, 11) is 0. The van der Waals surface area contributed by atoms with Crippen LogP contribution in [0.3, 0.4) is 0 Å². The minimum atomic E-state index is -0.437. The average Bonchev–Trinajstić information content (AvgIpc) is 2.57. The van der Waals surface area contributed by atoms with Crippen LogP contribution in [-0.4, -0.2) is 36.6 Å². The zero-order chi connectivity index (χ0) is 15.7. The van der Waals surface area contributed by atoms with E-state index in [0.29, 0.717) is 36.3 Å². The summed E-state index contributed by atoms with van der Waals surface area (Å²) in [6.45, 7) is 2.59. The van der Waals surface area contributed by atoms with E-state index in [2.05, 4.69) is 0 Å². The highest BCUT2D eigenvalue weighted by atomic mass is 35.5. The molecule has 1 saturated heterocycles. The van der Waals surface area contributed by atoms with Gasteiger partial charge in [-0.3, -0.25) is 4.79 Å². The van der Waals surface area contributed by atoms with Gasteiger partial charge in [0.05, 0.1) is 16.1 Å². The van der Waals surface area contributed by atoms with Gasteiger partial charge < -0.3 is 15.4 Å². The summed E-state index contributed by atoms with van der Waals surface area (Å²) in [6, 6.07) is 3.30. The number of hydrogen-bond acceptors (Lipinski definition) is 3. The number of halogens is 2. The molecule has 2 aliphatic heterocycles. The molecule has 0 bridgehead atoms. The third kappa shape index (κ3) is 3.11. The Hall–Kier alpha value is -0.810. The number of amides is 1. The van der Waals surface area contributed by atoms with Crippen LogP contribution in [0.25, 0.3) is 0 Å². The molecule has 0 radical (unpaired) electrons. The lowest BCUT2D eigenvalue weighted by molar-refractivity contribution is -0.135. The number of nitrogens with two attached hydrogens (primary N) is 1. The second-order valence-electron chi connectivity index (χ2n) is 5.98. The highest BCUT2D eigenvalue weighted by molar-refractivity contribution is 6.42. The fraction of sp³-hybridized carbons (Fsp3) is 0.562. The minimum Gasteiger partial charge on any atom is -0.381 e. The molecule has 1 aromatic rings. The van der Waals surface area contributed by atoms with E-state index in [1.165, 1.54) is 0 Å². The third-order valence-corrected chi connectivity index (χ3v) is 5.50. The van der Waals surface area contributed by atoms with Crippen molar-refractivity contribution < 1.29 is 9.53 Å². The first-order valence-corrected chi connectivity index (χ1v) is 8.41. The van der Waals surface area contributed by atoms with E-state index >= 15 is 0 Å². The summed E-state index contributed by atoms with van der Waals surface area (Å²) in [5.74, 6) is 0.250. The molecule has 1 amide bonds. The largest absolute Gasteiger partial charge is 0.381 e. The van der Waals surface area contributed by atoms with Gasteiger partial charge in [0, 0.05) is 26.3 Å². The van der Waals surface area contributed by atoms with Gasteiger partial charge in [-0.05, 0) is 42.4 Å². The topological polar surface area (TPSA) is 55.6 Å². The molecule has 1 aromatic carbocycles. The third-order valence-electron chi connectivity index (χ3n) is 4.66. The van der Waals surface area contributed by atoms with E-state index in [9.17, 15) is 4.79 Å². The van der Waals surface area contributed by atoms with Crippen LogP contribution in [0.2, 0.25) is 10.0 Å². The van der Waals surface area contributed by atoms with E-state index in [1.54, 1.807) is 6.07 Å². The first-order valence-electron chi connectivity index (χ1n) is 7.66. The van der Waals surface area contributed by atoms with Crippen molar-refractivity contribution in [2.75, 3.05) is 19.8 Å². The van der Waals surface area contributed by atoms with Gasteiger partial charge in [0.2, 0.25) is 5.91 Å². The maximum atomic E-state index is 12.7. The summed E-state index contributed by atoms with van der Waals surface area (Å²) >= 11 is 12.3. The zero-order valence-electron chi connectivity index (χ0n) is 12.4. The van der Waals surface area contributed by atoms with Crippen molar-refractivity contribution in [2.24, 2.45) is 11.7 Å². The van der Waals surface area contributed by atoms with Crippen LogP contribution in [0.15, 0.2) is 12.1 Å². The van der Waals surface area contributed by atoms with Crippen LogP contribution in [0, 0.1) is 5.92 Å². The number of rotatable bonds is 2. The molecule has 2 aliphatic rings. The van der Waals surface area contributed by atoms with Gasteiger partial charge in [0.25, 0.3) is 0 Å². The number of hydrogen-bond donors (Lipinski definition) is 1. The lowest BCUT2D eigenvalue weighted by atomic mass is 9.90. The van der Waals surface area contributed by atoms with Crippen molar-refractivity contribution in [3.05, 3.63) is 33.3 Å². The summed E-state index contributed by atoms with van der Waals surface area (Å²) < 4.78 is 5.34. The quantitative estimate of drug-likeness (QED) is 0.898. The van der Waals surface area contributed by atoms with Crippen LogP contribution in [0.5, 0.6) is 0 Å². The lowest BCUT2D eigenvalue weighted by Gasteiger charge is -2.34. The van der Waals surface area contributed by atoms with E-state index in [0.717, 1.165) is 30.4 Å². The van der Waals surface area contributed by atoms with E-state index < -0.39 is 6.04 Å². The molecule has 2 heterocycles. The SMILES string of the molecule is NC(C(=O)N1CCc2c(ccc(Cl)c2Cl)C1)C1CCOCC1. The Morgan fingerprint density at radius 1 is 1.32 bits per heavy atom. The number of carbonyl (C=O) groups is 1. The van der Waals surface area contributed by atoms with Crippen molar-refractivity contribution in [2.45, 2.75) is 31.8 Å². The Morgan fingerprint density at radius 2 is 2.05 bits per heavy atom. The Balaban J connectivity index is 1.71. The lowest BCUT2D eigenvalue weighted by Crippen LogP contribution is -2.50. The van der Waals surface area contributed by atoms with Crippen LogP contribution >= 0.6 is 23.2 Å². The van der Waals surface area contributed by atoms with Crippen molar-refractivity contribution in [3.8, 4) is 0 Å². The zero-order valence-corrected chi connectivity index (χ0v) is 13.9. The van der Waals surface area contributed by atoms with Gasteiger partial charge in [-0.25, -0.2) is 0 Å². The fourth-order valence-electron chi connectivity index (χ4n) is 3.26. The summed E-state index contributed by atoms with van der Waals surface area (Å²) in [5, 5.41) is 1.18. The molecule has 0 aliphatic carbocycles. The van der Waals surface area contributed by atoms with Gasteiger partial charge in [0.15, 0.2) is 0 Å². The Morgan fingerprint density at radius 3 is 2.77 bits per heavy atom. The van der Waals surface area contributed by atoms with Crippen LogP contribution in [-0.2, 0) is 22.5 Å². The number of carbonyl (C=O) groups excluding carboxylic acids is 1. The minimum absolute atomic E-state index is 0.0311. The summed E-state index contributed by atoms with van der Waals surface area (Å²) in [6.07, 6.45) is 2.44. The van der Waals surface area contributed by atoms with E-state index in [1.807, 2.05) is 11.0 Å². The predicted molar refractivity (Wildman–Crippen MR) is 87.1 cm³/mol. The van der Waals surface area contributed by atoms with Crippen molar-refractivity contribution in [1.29, 1.82) is 0 Å². The first kappa shape index (κ1) is 16.1.